The van der Waals surface area contributed by atoms with Gasteiger partial charge in [0, 0.05) is 17.8 Å². The minimum absolute atomic E-state index is 0.0694. The van der Waals surface area contributed by atoms with Crippen LogP contribution in [-0.2, 0) is 33.3 Å². The van der Waals surface area contributed by atoms with E-state index in [9.17, 15) is 14.4 Å². The summed E-state index contributed by atoms with van der Waals surface area (Å²) in [5.41, 5.74) is 0.788. The maximum absolute atomic E-state index is 11.7. The molecule has 0 aliphatic heterocycles. The van der Waals surface area contributed by atoms with E-state index in [-0.39, 0.29) is 24.4 Å². The first-order valence-corrected chi connectivity index (χ1v) is 7.91. The van der Waals surface area contributed by atoms with Crippen LogP contribution in [-0.4, -0.2) is 44.3 Å². The Morgan fingerprint density at radius 2 is 1.44 bits per heavy atom. The Morgan fingerprint density at radius 1 is 0.880 bits per heavy atom. The molecule has 25 heavy (non-hydrogen) atoms. The van der Waals surface area contributed by atoms with Gasteiger partial charge in [0.25, 0.3) is 0 Å². The van der Waals surface area contributed by atoms with Crippen molar-refractivity contribution in [2.45, 2.75) is 34.1 Å². The van der Waals surface area contributed by atoms with Crippen molar-refractivity contribution in [3.8, 4) is 0 Å². The molecule has 0 rings (SSSR count). The molecule has 0 saturated heterocycles. The fourth-order valence-electron chi connectivity index (χ4n) is 1.37. The summed E-state index contributed by atoms with van der Waals surface area (Å²) >= 11 is 0. The molecule has 0 radical (unpaired) electrons. The highest BCUT2D eigenvalue weighted by Crippen LogP contribution is 2.02. The molecule has 0 bridgehead atoms. The molecule has 7 nitrogen and oxygen atoms in total. The molecule has 0 saturated carbocycles. The average Bonchev–Trinajstić information content (AvgIpc) is 2.58. The Kier molecular flexibility index (Phi) is 11.7. The van der Waals surface area contributed by atoms with E-state index < -0.39 is 17.9 Å². The normalized spacial score (nSPS) is 11.7. The molecule has 0 aliphatic carbocycles. The first kappa shape index (κ1) is 22.6. The van der Waals surface area contributed by atoms with Gasteiger partial charge < -0.3 is 18.9 Å². The van der Waals surface area contributed by atoms with E-state index in [1.807, 2.05) is 6.92 Å². The molecular formula is C18H26O7. The minimum atomic E-state index is -0.672. The molecule has 140 valence electrons. The lowest BCUT2D eigenvalue weighted by Gasteiger charge is -2.07. The first-order valence-electron chi connectivity index (χ1n) is 7.91. The van der Waals surface area contributed by atoms with Crippen molar-refractivity contribution in [3.63, 3.8) is 0 Å². The van der Waals surface area contributed by atoms with Crippen LogP contribution in [0.3, 0.4) is 0 Å². The second kappa shape index (κ2) is 12.9. The van der Waals surface area contributed by atoms with Gasteiger partial charge in [0.2, 0.25) is 0 Å². The van der Waals surface area contributed by atoms with Crippen LogP contribution in [0.15, 0.2) is 35.6 Å². The summed E-state index contributed by atoms with van der Waals surface area (Å²) in [6, 6.07) is 0. The number of ether oxygens (including phenoxy) is 4. The van der Waals surface area contributed by atoms with Gasteiger partial charge in [-0.05, 0) is 34.1 Å². The predicted molar refractivity (Wildman–Crippen MR) is 91.4 cm³/mol. The standard InChI is InChI=1S/C18H26O7/c1-6-22-9-7-8-14(4)17(20)23-10-11-24-18(21)15(5)12-25-16(19)13(2)3/h8,12H,2,6-7,9-11H2,1,3-5H3. The largest absolute Gasteiger partial charge is 0.459 e. The topological polar surface area (TPSA) is 88.1 Å². The Balaban J connectivity index is 4.08. The number of hydrogen-bond donors (Lipinski definition) is 0. The molecule has 0 spiro atoms. The third kappa shape index (κ3) is 10.9. The Morgan fingerprint density at radius 3 is 1.96 bits per heavy atom. The first-order chi connectivity index (χ1) is 11.8. The molecule has 0 amide bonds. The predicted octanol–water partition coefficient (Wildman–Crippen LogP) is 2.47. The van der Waals surface area contributed by atoms with Crippen LogP contribution in [0, 0.1) is 0 Å². The summed E-state index contributed by atoms with van der Waals surface area (Å²) < 4.78 is 19.8. The van der Waals surface area contributed by atoms with Crippen LogP contribution in [0.25, 0.3) is 0 Å². The summed E-state index contributed by atoms with van der Waals surface area (Å²) in [6.07, 6.45) is 3.35. The van der Waals surface area contributed by atoms with Crippen molar-refractivity contribution >= 4 is 17.9 Å². The van der Waals surface area contributed by atoms with Gasteiger partial charge in [-0.15, -0.1) is 0 Å². The fraction of sp³-hybridized carbons (Fsp3) is 0.500. The van der Waals surface area contributed by atoms with Gasteiger partial charge in [0.1, 0.15) is 19.5 Å². The number of rotatable bonds is 11. The minimum Gasteiger partial charge on any atom is -0.459 e. The molecular weight excluding hydrogens is 328 g/mol. The van der Waals surface area contributed by atoms with Crippen molar-refractivity contribution in [3.05, 3.63) is 35.6 Å². The number of esters is 3. The number of carbonyl (C=O) groups is 3. The van der Waals surface area contributed by atoms with Crippen LogP contribution in [0.4, 0.5) is 0 Å². The van der Waals surface area contributed by atoms with E-state index in [2.05, 4.69) is 6.58 Å². The molecule has 0 aromatic heterocycles. The van der Waals surface area contributed by atoms with E-state index in [1.165, 1.54) is 13.8 Å². The highest BCUT2D eigenvalue weighted by atomic mass is 16.6. The second-order valence-electron chi connectivity index (χ2n) is 5.13. The van der Waals surface area contributed by atoms with Gasteiger partial charge in [0.15, 0.2) is 0 Å². The van der Waals surface area contributed by atoms with Gasteiger partial charge in [-0.3, -0.25) is 0 Å². The molecule has 0 unspecified atom stereocenters. The highest BCUT2D eigenvalue weighted by Gasteiger charge is 2.10. The lowest BCUT2D eigenvalue weighted by Crippen LogP contribution is -2.15. The van der Waals surface area contributed by atoms with E-state index in [4.69, 9.17) is 18.9 Å². The summed E-state index contributed by atoms with van der Waals surface area (Å²) in [4.78, 5) is 34.5. The number of hydrogen-bond acceptors (Lipinski definition) is 7. The van der Waals surface area contributed by atoms with E-state index in [1.54, 1.807) is 13.0 Å². The van der Waals surface area contributed by atoms with Gasteiger partial charge in [0.05, 0.1) is 12.2 Å². The van der Waals surface area contributed by atoms with Crippen molar-refractivity contribution < 1.29 is 33.3 Å². The average molecular weight is 354 g/mol. The van der Waals surface area contributed by atoms with Crippen molar-refractivity contribution in [1.82, 2.24) is 0 Å². The van der Waals surface area contributed by atoms with Crippen LogP contribution >= 0.6 is 0 Å². The number of carbonyl (C=O) groups excluding carboxylic acids is 3. The summed E-state index contributed by atoms with van der Waals surface area (Å²) in [7, 11) is 0. The van der Waals surface area contributed by atoms with Crippen LogP contribution < -0.4 is 0 Å². The Bertz CT molecular complexity index is 544. The molecule has 7 heteroatoms. The molecule has 0 heterocycles. The lowest BCUT2D eigenvalue weighted by atomic mass is 10.2. The van der Waals surface area contributed by atoms with Gasteiger partial charge >= 0.3 is 17.9 Å². The molecule has 0 aliphatic rings. The SMILES string of the molecule is C=C(C)C(=O)OC=C(C)C(=O)OCCOC(=O)C(C)=CCCOCC. The van der Waals surface area contributed by atoms with Crippen molar-refractivity contribution in [2.24, 2.45) is 0 Å². The Hall–Kier alpha value is -2.41. The van der Waals surface area contributed by atoms with Crippen LogP contribution in [0.1, 0.15) is 34.1 Å². The maximum Gasteiger partial charge on any atom is 0.337 e. The van der Waals surface area contributed by atoms with Crippen LogP contribution in [0.2, 0.25) is 0 Å². The summed E-state index contributed by atoms with van der Waals surface area (Å²) in [5.74, 6) is -1.78. The zero-order valence-corrected chi connectivity index (χ0v) is 15.3. The quantitative estimate of drug-likeness (QED) is 0.185. The third-order valence-electron chi connectivity index (χ3n) is 2.80. The molecule has 0 aromatic carbocycles. The Labute approximate surface area is 148 Å². The van der Waals surface area contributed by atoms with Gasteiger partial charge in [-0.25, -0.2) is 14.4 Å². The van der Waals surface area contributed by atoms with E-state index >= 15 is 0 Å². The maximum atomic E-state index is 11.7. The second-order valence-corrected chi connectivity index (χ2v) is 5.13. The van der Waals surface area contributed by atoms with Crippen LogP contribution in [0.5, 0.6) is 0 Å². The lowest BCUT2D eigenvalue weighted by molar-refractivity contribution is -0.147. The van der Waals surface area contributed by atoms with Gasteiger partial charge in [-0.2, -0.15) is 0 Å². The summed E-state index contributed by atoms with van der Waals surface area (Å²) in [5, 5.41) is 0. The molecule has 0 aromatic rings. The summed E-state index contributed by atoms with van der Waals surface area (Å²) in [6.45, 7) is 10.9. The fourth-order valence-corrected chi connectivity index (χ4v) is 1.37. The van der Waals surface area contributed by atoms with Crippen molar-refractivity contribution in [2.75, 3.05) is 26.4 Å². The molecule has 0 N–H and O–H groups in total. The zero-order chi connectivity index (χ0) is 19.2. The third-order valence-corrected chi connectivity index (χ3v) is 2.80. The molecule has 0 atom stereocenters. The highest BCUT2D eigenvalue weighted by molar-refractivity contribution is 5.90. The zero-order valence-electron chi connectivity index (χ0n) is 15.3. The smallest absolute Gasteiger partial charge is 0.337 e. The van der Waals surface area contributed by atoms with Crippen molar-refractivity contribution in [1.29, 1.82) is 0 Å². The van der Waals surface area contributed by atoms with Gasteiger partial charge in [-0.1, -0.05) is 12.7 Å². The monoisotopic (exact) mass is 354 g/mol. The van der Waals surface area contributed by atoms with E-state index in [0.29, 0.717) is 25.2 Å². The molecule has 0 fully saturated rings. The van der Waals surface area contributed by atoms with E-state index in [0.717, 1.165) is 6.26 Å².